The first kappa shape index (κ1) is 16.7. The van der Waals surface area contributed by atoms with Crippen molar-refractivity contribution in [3.05, 3.63) is 23.9 Å². The highest BCUT2D eigenvalue weighted by Crippen LogP contribution is 2.26. The van der Waals surface area contributed by atoms with Gasteiger partial charge in [-0.05, 0) is 43.7 Å². The number of pyridine rings is 1. The third kappa shape index (κ3) is 4.44. The summed E-state index contributed by atoms with van der Waals surface area (Å²) < 4.78 is 29.7. The topological polar surface area (TPSA) is 68.3 Å². The lowest BCUT2D eigenvalue weighted by Gasteiger charge is -2.31. The highest BCUT2D eigenvalue weighted by Gasteiger charge is 2.32. The Morgan fingerprint density at radius 1 is 1.22 bits per heavy atom. The van der Waals surface area contributed by atoms with Gasteiger partial charge in [0.15, 0.2) is 9.84 Å². The fraction of sp³-hybridized carbons (Fsp3) is 0.706. The number of sulfone groups is 1. The van der Waals surface area contributed by atoms with Crippen LogP contribution in [0.3, 0.4) is 0 Å². The minimum absolute atomic E-state index is 0.0444. The molecule has 0 aromatic carbocycles. The standard InChI is InChI=1S/C17H26N2O3S/c1-23(20,21)16-8-3-2-7-15(16)19-12-13-9-10-18-17(11-13)22-14-5-4-6-14/h9-11,14-16,19H,2-8,12H2,1H3/t15-,16+/m1/s1. The van der Waals surface area contributed by atoms with Gasteiger partial charge >= 0.3 is 0 Å². The summed E-state index contributed by atoms with van der Waals surface area (Å²) in [6, 6.07) is 3.96. The molecule has 0 amide bonds. The Labute approximate surface area is 138 Å². The number of nitrogens with one attached hydrogen (secondary N) is 1. The second-order valence-corrected chi connectivity index (χ2v) is 9.08. The molecule has 1 aromatic rings. The smallest absolute Gasteiger partial charge is 0.213 e. The van der Waals surface area contributed by atoms with Gasteiger partial charge in [0, 0.05) is 31.1 Å². The first-order chi connectivity index (χ1) is 11.0. The summed E-state index contributed by atoms with van der Waals surface area (Å²) >= 11 is 0. The number of aromatic nitrogens is 1. The number of ether oxygens (including phenoxy) is 1. The molecule has 0 unspecified atom stereocenters. The van der Waals surface area contributed by atoms with E-state index in [0.717, 1.165) is 44.1 Å². The van der Waals surface area contributed by atoms with E-state index < -0.39 is 9.84 Å². The van der Waals surface area contributed by atoms with Crippen LogP contribution in [0.2, 0.25) is 0 Å². The van der Waals surface area contributed by atoms with Gasteiger partial charge in [-0.3, -0.25) is 0 Å². The van der Waals surface area contributed by atoms with E-state index in [2.05, 4.69) is 10.3 Å². The fourth-order valence-electron chi connectivity index (χ4n) is 3.38. The van der Waals surface area contributed by atoms with Crippen LogP contribution in [0.15, 0.2) is 18.3 Å². The Morgan fingerprint density at radius 3 is 2.70 bits per heavy atom. The SMILES string of the molecule is CS(=O)(=O)[C@H]1CCCC[C@H]1NCc1ccnc(OC2CCC2)c1. The van der Waals surface area contributed by atoms with E-state index in [1.807, 2.05) is 12.1 Å². The van der Waals surface area contributed by atoms with Crippen LogP contribution in [0.1, 0.15) is 50.5 Å². The zero-order valence-electron chi connectivity index (χ0n) is 13.7. The number of nitrogens with zero attached hydrogens (tertiary/aromatic N) is 1. The molecule has 23 heavy (non-hydrogen) atoms. The first-order valence-corrected chi connectivity index (χ1v) is 10.5. The second-order valence-electron chi connectivity index (χ2n) is 6.81. The molecule has 0 radical (unpaired) electrons. The fourth-order valence-corrected chi connectivity index (χ4v) is 4.80. The van der Waals surface area contributed by atoms with Gasteiger partial charge in [-0.15, -0.1) is 0 Å². The summed E-state index contributed by atoms with van der Waals surface area (Å²) in [5.74, 6) is 0.678. The second kappa shape index (κ2) is 7.18. The molecule has 5 nitrogen and oxygen atoms in total. The third-order valence-electron chi connectivity index (χ3n) is 4.96. The molecule has 2 atom stereocenters. The predicted octanol–water partition coefficient (Wildman–Crippen LogP) is 2.46. The summed E-state index contributed by atoms with van der Waals surface area (Å²) in [5, 5.41) is 3.18. The van der Waals surface area contributed by atoms with Crippen LogP contribution >= 0.6 is 0 Å². The minimum atomic E-state index is -3.00. The van der Waals surface area contributed by atoms with Gasteiger partial charge in [0.1, 0.15) is 6.10 Å². The van der Waals surface area contributed by atoms with Crippen molar-refractivity contribution in [1.29, 1.82) is 0 Å². The molecular weight excluding hydrogens is 312 g/mol. The van der Waals surface area contributed by atoms with Crippen molar-refractivity contribution >= 4 is 9.84 Å². The van der Waals surface area contributed by atoms with Crippen molar-refractivity contribution in [2.75, 3.05) is 6.26 Å². The van der Waals surface area contributed by atoms with Gasteiger partial charge < -0.3 is 10.1 Å². The van der Waals surface area contributed by atoms with Crippen molar-refractivity contribution in [3.63, 3.8) is 0 Å². The molecule has 2 aliphatic carbocycles. The monoisotopic (exact) mass is 338 g/mol. The summed E-state index contributed by atoms with van der Waals surface area (Å²) in [6.07, 6.45) is 10.7. The number of hydrogen-bond acceptors (Lipinski definition) is 5. The molecule has 3 rings (SSSR count). The van der Waals surface area contributed by atoms with Gasteiger partial charge in [0.2, 0.25) is 5.88 Å². The molecule has 0 spiro atoms. The van der Waals surface area contributed by atoms with E-state index in [1.165, 1.54) is 12.7 Å². The quantitative estimate of drug-likeness (QED) is 0.863. The van der Waals surface area contributed by atoms with E-state index in [1.54, 1.807) is 6.20 Å². The van der Waals surface area contributed by atoms with Crippen LogP contribution in [0.5, 0.6) is 5.88 Å². The Balaban J connectivity index is 1.59. The van der Waals surface area contributed by atoms with E-state index in [0.29, 0.717) is 18.5 Å². The average molecular weight is 338 g/mol. The van der Waals surface area contributed by atoms with Gasteiger partial charge in [-0.25, -0.2) is 13.4 Å². The Hall–Kier alpha value is -1.14. The predicted molar refractivity (Wildman–Crippen MR) is 90.2 cm³/mol. The molecule has 128 valence electrons. The molecule has 2 fully saturated rings. The van der Waals surface area contributed by atoms with Crippen LogP contribution in [0, 0.1) is 0 Å². The molecule has 1 N–H and O–H groups in total. The summed E-state index contributed by atoms with van der Waals surface area (Å²) in [5.41, 5.74) is 1.09. The zero-order valence-corrected chi connectivity index (χ0v) is 14.5. The largest absolute Gasteiger partial charge is 0.474 e. The first-order valence-electron chi connectivity index (χ1n) is 8.56. The summed E-state index contributed by atoms with van der Waals surface area (Å²) in [7, 11) is -3.00. The van der Waals surface area contributed by atoms with Gasteiger partial charge in [0.25, 0.3) is 0 Å². The highest BCUT2D eigenvalue weighted by molar-refractivity contribution is 7.91. The van der Waals surface area contributed by atoms with E-state index >= 15 is 0 Å². The van der Waals surface area contributed by atoms with Crippen LogP contribution in [-0.2, 0) is 16.4 Å². The maximum Gasteiger partial charge on any atom is 0.213 e. The Bertz CT molecular complexity index is 628. The normalized spacial score (nSPS) is 25.8. The van der Waals surface area contributed by atoms with Crippen LogP contribution in [-0.4, -0.2) is 37.1 Å². The average Bonchev–Trinajstić information content (AvgIpc) is 2.49. The van der Waals surface area contributed by atoms with Crippen LogP contribution in [0.25, 0.3) is 0 Å². The molecule has 0 saturated heterocycles. The highest BCUT2D eigenvalue weighted by atomic mass is 32.2. The van der Waals surface area contributed by atoms with E-state index in [9.17, 15) is 8.42 Å². The lowest BCUT2D eigenvalue weighted by molar-refractivity contribution is 0.114. The van der Waals surface area contributed by atoms with Gasteiger partial charge in [-0.1, -0.05) is 12.8 Å². The zero-order chi connectivity index (χ0) is 16.3. The third-order valence-corrected chi connectivity index (χ3v) is 6.62. The van der Waals surface area contributed by atoms with Crippen LogP contribution in [0.4, 0.5) is 0 Å². The van der Waals surface area contributed by atoms with Gasteiger partial charge in [-0.2, -0.15) is 0 Å². The number of hydrogen-bond donors (Lipinski definition) is 1. The van der Waals surface area contributed by atoms with Crippen molar-refractivity contribution in [2.24, 2.45) is 0 Å². The lowest BCUT2D eigenvalue weighted by Crippen LogP contribution is -2.45. The lowest BCUT2D eigenvalue weighted by atomic mass is 9.94. The van der Waals surface area contributed by atoms with Crippen molar-refractivity contribution in [2.45, 2.75) is 68.9 Å². The molecule has 2 saturated carbocycles. The van der Waals surface area contributed by atoms with Crippen molar-refractivity contribution in [3.8, 4) is 5.88 Å². The minimum Gasteiger partial charge on any atom is -0.474 e. The van der Waals surface area contributed by atoms with Crippen molar-refractivity contribution in [1.82, 2.24) is 10.3 Å². The van der Waals surface area contributed by atoms with Gasteiger partial charge in [0.05, 0.1) is 5.25 Å². The molecule has 0 bridgehead atoms. The molecule has 1 heterocycles. The summed E-state index contributed by atoms with van der Waals surface area (Å²) in [6.45, 7) is 0.653. The molecule has 0 aliphatic heterocycles. The Morgan fingerprint density at radius 2 is 2.00 bits per heavy atom. The van der Waals surface area contributed by atoms with E-state index in [-0.39, 0.29) is 11.3 Å². The molecule has 6 heteroatoms. The Kier molecular flexibility index (Phi) is 5.21. The number of rotatable bonds is 6. The molecule has 1 aromatic heterocycles. The van der Waals surface area contributed by atoms with Crippen LogP contribution < -0.4 is 10.1 Å². The van der Waals surface area contributed by atoms with E-state index in [4.69, 9.17) is 4.74 Å². The molecular formula is C17H26N2O3S. The van der Waals surface area contributed by atoms with Crippen molar-refractivity contribution < 1.29 is 13.2 Å². The molecule has 2 aliphatic rings. The maximum atomic E-state index is 12.0. The summed E-state index contributed by atoms with van der Waals surface area (Å²) in [4.78, 5) is 4.26. The maximum absolute atomic E-state index is 12.0.